The van der Waals surface area contributed by atoms with Crippen LogP contribution in [0.1, 0.15) is 50.5 Å². The van der Waals surface area contributed by atoms with E-state index in [1.807, 2.05) is 19.1 Å². The topological polar surface area (TPSA) is 47.6 Å². The summed E-state index contributed by atoms with van der Waals surface area (Å²) in [6.45, 7) is 1.97. The van der Waals surface area contributed by atoms with Crippen LogP contribution < -0.4 is 14.8 Å². The molecule has 4 nitrogen and oxygen atoms in total. The summed E-state index contributed by atoms with van der Waals surface area (Å²) >= 11 is 0. The summed E-state index contributed by atoms with van der Waals surface area (Å²) < 4.78 is 10.7. The second-order valence-electron chi connectivity index (χ2n) is 8.64. The van der Waals surface area contributed by atoms with Crippen LogP contribution in [0.2, 0.25) is 0 Å². The lowest BCUT2D eigenvalue weighted by Gasteiger charge is -2.56. The van der Waals surface area contributed by atoms with Gasteiger partial charge in [-0.15, -0.1) is 0 Å². The van der Waals surface area contributed by atoms with E-state index in [4.69, 9.17) is 9.47 Å². The molecule has 0 unspecified atom stereocenters. The molecular weight excluding hydrogens is 314 g/mol. The molecule has 4 saturated carbocycles. The maximum absolute atomic E-state index is 12.9. The molecule has 5 rings (SSSR count). The molecular formula is C21H29NO3. The minimum atomic E-state index is 0.139. The van der Waals surface area contributed by atoms with Crippen molar-refractivity contribution < 1.29 is 14.3 Å². The minimum Gasteiger partial charge on any atom is -0.497 e. The van der Waals surface area contributed by atoms with Crippen LogP contribution in [0.4, 0.5) is 5.69 Å². The van der Waals surface area contributed by atoms with Gasteiger partial charge in [0.05, 0.1) is 19.9 Å². The zero-order valence-corrected chi connectivity index (χ0v) is 15.6. The summed E-state index contributed by atoms with van der Waals surface area (Å²) in [4.78, 5) is 12.9. The maximum Gasteiger partial charge on any atom is 0.224 e. The lowest BCUT2D eigenvalue weighted by molar-refractivity contribution is -0.124. The molecule has 4 aliphatic rings. The first-order valence-corrected chi connectivity index (χ1v) is 9.53. The quantitative estimate of drug-likeness (QED) is 0.853. The average Bonchev–Trinajstić information content (AvgIpc) is 2.54. The van der Waals surface area contributed by atoms with Gasteiger partial charge in [0, 0.05) is 24.1 Å². The molecule has 0 radical (unpaired) electrons. The van der Waals surface area contributed by atoms with Crippen LogP contribution in [0.25, 0.3) is 0 Å². The molecule has 4 aliphatic carbocycles. The Morgan fingerprint density at radius 2 is 1.68 bits per heavy atom. The third-order valence-electron chi connectivity index (χ3n) is 6.76. The largest absolute Gasteiger partial charge is 0.497 e. The molecule has 4 heteroatoms. The molecule has 0 heterocycles. The van der Waals surface area contributed by atoms with Crippen LogP contribution in [0.5, 0.6) is 11.5 Å². The van der Waals surface area contributed by atoms with Crippen LogP contribution in [-0.2, 0) is 4.79 Å². The van der Waals surface area contributed by atoms with E-state index in [1.165, 1.54) is 38.5 Å². The van der Waals surface area contributed by atoms with Gasteiger partial charge in [-0.1, -0.05) is 0 Å². The number of carbonyl (C=O) groups excluding carboxylic acids is 1. The highest BCUT2D eigenvalue weighted by molar-refractivity contribution is 5.92. The molecule has 1 amide bonds. The lowest BCUT2D eigenvalue weighted by Crippen LogP contribution is -2.47. The van der Waals surface area contributed by atoms with Crippen molar-refractivity contribution in [1.82, 2.24) is 0 Å². The fourth-order valence-electron chi connectivity index (χ4n) is 6.16. The maximum atomic E-state index is 12.9. The van der Waals surface area contributed by atoms with E-state index in [1.54, 1.807) is 14.2 Å². The molecule has 0 aliphatic heterocycles. The minimum absolute atomic E-state index is 0.139. The first-order valence-electron chi connectivity index (χ1n) is 9.53. The molecule has 0 saturated heterocycles. The van der Waals surface area contributed by atoms with E-state index in [-0.39, 0.29) is 11.3 Å². The predicted octanol–water partition coefficient (Wildman–Crippen LogP) is 4.56. The number of benzene rings is 1. The molecule has 1 N–H and O–H groups in total. The van der Waals surface area contributed by atoms with Crippen molar-refractivity contribution in [1.29, 1.82) is 0 Å². The van der Waals surface area contributed by atoms with Crippen molar-refractivity contribution in [2.24, 2.45) is 23.2 Å². The Bertz CT molecular complexity index is 647. The highest BCUT2D eigenvalue weighted by Crippen LogP contribution is 2.61. The van der Waals surface area contributed by atoms with Gasteiger partial charge in [0.15, 0.2) is 0 Å². The third-order valence-corrected chi connectivity index (χ3v) is 6.76. The SMILES string of the molecule is COc1cc(NC(=O)CC23CC4CC(CC(C4)C2)C3)c(C)c(OC)c1. The average molecular weight is 343 g/mol. The normalized spacial score (nSPS) is 32.5. The van der Waals surface area contributed by atoms with E-state index in [0.29, 0.717) is 12.2 Å². The van der Waals surface area contributed by atoms with Crippen LogP contribution in [0.3, 0.4) is 0 Å². The Morgan fingerprint density at radius 1 is 1.08 bits per heavy atom. The molecule has 1 aromatic rings. The van der Waals surface area contributed by atoms with Gasteiger partial charge in [0.1, 0.15) is 11.5 Å². The summed E-state index contributed by atoms with van der Waals surface area (Å²) in [6, 6.07) is 3.74. The number of rotatable bonds is 5. The molecule has 0 spiro atoms. The molecule has 136 valence electrons. The predicted molar refractivity (Wildman–Crippen MR) is 98.1 cm³/mol. The molecule has 0 aromatic heterocycles. The summed E-state index contributed by atoms with van der Waals surface area (Å²) in [7, 11) is 3.27. The Labute approximate surface area is 150 Å². The smallest absolute Gasteiger partial charge is 0.224 e. The van der Waals surface area contributed by atoms with Gasteiger partial charge in [0.2, 0.25) is 5.91 Å². The zero-order chi connectivity index (χ0) is 17.6. The standard InChI is InChI=1S/C21H29NO3/c1-13-18(7-17(24-2)8-19(13)25-3)22-20(23)12-21-9-14-4-15(10-21)6-16(5-14)11-21/h7-8,14-16H,4-6,9-12H2,1-3H3,(H,22,23). The number of nitrogens with one attached hydrogen (secondary N) is 1. The van der Waals surface area contributed by atoms with Gasteiger partial charge in [-0.3, -0.25) is 4.79 Å². The van der Waals surface area contributed by atoms with Crippen LogP contribution >= 0.6 is 0 Å². The second kappa shape index (κ2) is 6.22. The Hall–Kier alpha value is -1.71. The number of ether oxygens (including phenoxy) is 2. The van der Waals surface area contributed by atoms with E-state index < -0.39 is 0 Å². The lowest BCUT2D eigenvalue weighted by atomic mass is 9.49. The van der Waals surface area contributed by atoms with Crippen molar-refractivity contribution in [2.75, 3.05) is 19.5 Å². The van der Waals surface area contributed by atoms with Crippen LogP contribution in [-0.4, -0.2) is 20.1 Å². The van der Waals surface area contributed by atoms with E-state index in [9.17, 15) is 4.79 Å². The highest BCUT2D eigenvalue weighted by atomic mass is 16.5. The van der Waals surface area contributed by atoms with Gasteiger partial charge < -0.3 is 14.8 Å². The van der Waals surface area contributed by atoms with E-state index >= 15 is 0 Å². The highest BCUT2D eigenvalue weighted by Gasteiger charge is 2.51. The summed E-state index contributed by atoms with van der Waals surface area (Å²) in [5.74, 6) is 4.20. The first kappa shape index (κ1) is 16.7. The Morgan fingerprint density at radius 3 is 2.20 bits per heavy atom. The van der Waals surface area contributed by atoms with Gasteiger partial charge in [0.25, 0.3) is 0 Å². The van der Waals surface area contributed by atoms with Gasteiger partial charge in [-0.05, 0) is 68.6 Å². The van der Waals surface area contributed by atoms with Gasteiger partial charge in [-0.25, -0.2) is 0 Å². The third kappa shape index (κ3) is 3.11. The van der Waals surface area contributed by atoms with E-state index in [0.717, 1.165) is 34.8 Å². The fourth-order valence-corrected chi connectivity index (χ4v) is 6.16. The monoisotopic (exact) mass is 343 g/mol. The van der Waals surface area contributed by atoms with Crippen molar-refractivity contribution in [3.05, 3.63) is 17.7 Å². The van der Waals surface area contributed by atoms with Gasteiger partial charge in [-0.2, -0.15) is 0 Å². The van der Waals surface area contributed by atoms with Crippen LogP contribution in [0.15, 0.2) is 12.1 Å². The van der Waals surface area contributed by atoms with Crippen molar-refractivity contribution in [3.8, 4) is 11.5 Å². The van der Waals surface area contributed by atoms with Crippen molar-refractivity contribution >= 4 is 11.6 Å². The summed E-state index contributed by atoms with van der Waals surface area (Å²) in [6.07, 6.45) is 8.66. The number of amides is 1. The number of carbonyl (C=O) groups is 1. The molecule has 0 atom stereocenters. The number of hydrogen-bond acceptors (Lipinski definition) is 3. The summed E-state index contributed by atoms with van der Waals surface area (Å²) in [5, 5.41) is 3.14. The van der Waals surface area contributed by atoms with E-state index in [2.05, 4.69) is 5.32 Å². The molecule has 25 heavy (non-hydrogen) atoms. The number of anilines is 1. The van der Waals surface area contributed by atoms with Gasteiger partial charge >= 0.3 is 0 Å². The number of hydrogen-bond donors (Lipinski definition) is 1. The second-order valence-corrected chi connectivity index (χ2v) is 8.64. The Balaban J connectivity index is 1.49. The van der Waals surface area contributed by atoms with Crippen molar-refractivity contribution in [2.45, 2.75) is 51.9 Å². The fraction of sp³-hybridized carbons (Fsp3) is 0.667. The van der Waals surface area contributed by atoms with Crippen molar-refractivity contribution in [3.63, 3.8) is 0 Å². The molecule has 4 fully saturated rings. The Kier molecular flexibility index (Phi) is 4.17. The molecule has 1 aromatic carbocycles. The molecule has 4 bridgehead atoms. The first-order chi connectivity index (χ1) is 12.0. The summed E-state index contributed by atoms with van der Waals surface area (Å²) in [5.41, 5.74) is 2.00. The van der Waals surface area contributed by atoms with Crippen LogP contribution in [0, 0.1) is 30.1 Å². The zero-order valence-electron chi connectivity index (χ0n) is 15.6. The number of methoxy groups -OCH3 is 2.